The number of pyridine rings is 1. The SMILES string of the molecule is Nc1c(NNC(=O)C(c2ccccc2)c2ccccc2)ncnc1Nc1ccncc1. The molecule has 154 valence electrons. The number of aromatic nitrogens is 3. The molecule has 31 heavy (non-hydrogen) atoms. The predicted octanol–water partition coefficient (Wildman–Crippen LogP) is 3.47. The van der Waals surface area contributed by atoms with Gasteiger partial charge in [0.05, 0.1) is 5.92 Å². The summed E-state index contributed by atoms with van der Waals surface area (Å²) in [6.07, 6.45) is 4.68. The standard InChI is InChI=1S/C23H21N7O/c24-20-21(28-18-11-13-25-14-12-18)26-15-27-22(20)29-30-23(31)19(16-7-3-1-4-8-16)17-9-5-2-6-10-17/h1-15,19H,24H2,(H,30,31)(H2,25,26,27,28,29). The fraction of sp³-hybridized carbons (Fsp3) is 0.0435. The molecule has 0 saturated heterocycles. The van der Waals surface area contributed by atoms with Crippen molar-refractivity contribution in [2.75, 3.05) is 16.5 Å². The summed E-state index contributed by atoms with van der Waals surface area (Å²) in [6.45, 7) is 0. The van der Waals surface area contributed by atoms with Crippen LogP contribution in [0, 0.1) is 0 Å². The van der Waals surface area contributed by atoms with Crippen LogP contribution in [0.15, 0.2) is 91.5 Å². The smallest absolute Gasteiger partial charge is 0.250 e. The van der Waals surface area contributed by atoms with E-state index in [4.69, 9.17) is 5.73 Å². The molecule has 4 rings (SSSR count). The molecule has 0 aliphatic heterocycles. The van der Waals surface area contributed by atoms with Gasteiger partial charge in [0.2, 0.25) is 5.91 Å². The summed E-state index contributed by atoms with van der Waals surface area (Å²) in [5.41, 5.74) is 14.6. The lowest BCUT2D eigenvalue weighted by molar-refractivity contribution is -0.121. The van der Waals surface area contributed by atoms with Crippen molar-refractivity contribution in [1.82, 2.24) is 20.4 Å². The monoisotopic (exact) mass is 411 g/mol. The fourth-order valence-corrected chi connectivity index (χ4v) is 3.15. The molecule has 2 aromatic heterocycles. The Morgan fingerprint density at radius 2 is 1.39 bits per heavy atom. The van der Waals surface area contributed by atoms with Gasteiger partial charge < -0.3 is 11.1 Å². The third-order valence-electron chi connectivity index (χ3n) is 4.66. The Hall–Kier alpha value is -4.46. The first-order valence-electron chi connectivity index (χ1n) is 9.65. The van der Waals surface area contributed by atoms with Gasteiger partial charge in [0, 0.05) is 18.1 Å². The lowest BCUT2D eigenvalue weighted by Gasteiger charge is -2.19. The summed E-state index contributed by atoms with van der Waals surface area (Å²) in [6, 6.07) is 22.7. The Morgan fingerprint density at radius 3 is 2.00 bits per heavy atom. The number of hydrazine groups is 1. The molecular formula is C23H21N7O. The third-order valence-corrected chi connectivity index (χ3v) is 4.66. The average Bonchev–Trinajstić information content (AvgIpc) is 2.82. The lowest BCUT2D eigenvalue weighted by Crippen LogP contribution is -2.35. The number of nitrogens with two attached hydrogens (primary N) is 1. The van der Waals surface area contributed by atoms with Gasteiger partial charge in [0.1, 0.15) is 12.0 Å². The van der Waals surface area contributed by atoms with Crippen LogP contribution in [0.2, 0.25) is 0 Å². The second kappa shape index (κ2) is 9.36. The number of nitrogens with zero attached hydrogens (tertiary/aromatic N) is 3. The molecule has 2 heterocycles. The largest absolute Gasteiger partial charge is 0.393 e. The minimum atomic E-state index is -0.493. The van der Waals surface area contributed by atoms with Gasteiger partial charge in [0.15, 0.2) is 11.6 Å². The highest BCUT2D eigenvalue weighted by molar-refractivity contribution is 5.88. The van der Waals surface area contributed by atoms with Crippen molar-refractivity contribution in [3.63, 3.8) is 0 Å². The van der Waals surface area contributed by atoms with Crippen LogP contribution in [-0.2, 0) is 4.79 Å². The fourth-order valence-electron chi connectivity index (χ4n) is 3.15. The number of hydrogen-bond donors (Lipinski definition) is 4. The second-order valence-electron chi connectivity index (χ2n) is 6.71. The number of hydrogen-bond acceptors (Lipinski definition) is 7. The van der Waals surface area contributed by atoms with Crippen molar-refractivity contribution in [3.8, 4) is 0 Å². The summed E-state index contributed by atoms with van der Waals surface area (Å²) in [7, 11) is 0. The highest BCUT2D eigenvalue weighted by atomic mass is 16.2. The van der Waals surface area contributed by atoms with Crippen molar-refractivity contribution < 1.29 is 4.79 Å². The van der Waals surface area contributed by atoms with Gasteiger partial charge in [-0.15, -0.1) is 0 Å². The molecule has 0 atom stereocenters. The lowest BCUT2D eigenvalue weighted by atomic mass is 9.91. The number of rotatable bonds is 7. The van der Waals surface area contributed by atoms with Crippen LogP contribution in [0.5, 0.6) is 0 Å². The third kappa shape index (κ3) is 4.76. The van der Waals surface area contributed by atoms with Crippen molar-refractivity contribution in [3.05, 3.63) is 103 Å². The Kier molecular flexibility index (Phi) is 5.99. The van der Waals surface area contributed by atoms with Gasteiger partial charge in [-0.2, -0.15) is 0 Å². The molecule has 0 spiro atoms. The number of nitrogen functional groups attached to an aromatic ring is 1. The number of carbonyl (C=O) groups is 1. The summed E-state index contributed by atoms with van der Waals surface area (Å²) in [5.74, 6) is -0.0215. The van der Waals surface area contributed by atoms with Crippen LogP contribution in [-0.4, -0.2) is 20.9 Å². The Labute approximate surface area is 179 Å². The first kappa shape index (κ1) is 19.8. The van der Waals surface area contributed by atoms with Gasteiger partial charge in [-0.25, -0.2) is 9.97 Å². The van der Waals surface area contributed by atoms with Crippen LogP contribution in [0.4, 0.5) is 23.0 Å². The molecule has 0 fully saturated rings. The topological polar surface area (TPSA) is 118 Å². The van der Waals surface area contributed by atoms with E-state index in [9.17, 15) is 4.79 Å². The molecule has 1 amide bonds. The maximum Gasteiger partial charge on any atom is 0.250 e. The maximum atomic E-state index is 13.1. The van der Waals surface area contributed by atoms with E-state index in [-0.39, 0.29) is 11.6 Å². The zero-order valence-corrected chi connectivity index (χ0v) is 16.6. The van der Waals surface area contributed by atoms with Gasteiger partial charge in [0.25, 0.3) is 0 Å². The van der Waals surface area contributed by atoms with Gasteiger partial charge in [-0.1, -0.05) is 60.7 Å². The summed E-state index contributed by atoms with van der Waals surface area (Å²) < 4.78 is 0. The van der Waals surface area contributed by atoms with Crippen molar-refractivity contribution in [2.45, 2.75) is 5.92 Å². The minimum Gasteiger partial charge on any atom is -0.393 e. The van der Waals surface area contributed by atoms with Crippen molar-refractivity contribution in [2.24, 2.45) is 0 Å². The van der Waals surface area contributed by atoms with Crippen LogP contribution in [0.3, 0.4) is 0 Å². The number of carbonyl (C=O) groups excluding carboxylic acids is 1. The first-order chi connectivity index (χ1) is 15.2. The molecule has 0 bridgehead atoms. The van der Waals surface area contributed by atoms with E-state index in [0.29, 0.717) is 11.6 Å². The van der Waals surface area contributed by atoms with Gasteiger partial charge in [-0.3, -0.25) is 20.6 Å². The molecule has 8 heteroatoms. The Morgan fingerprint density at radius 1 is 0.806 bits per heavy atom. The van der Waals surface area contributed by atoms with E-state index in [0.717, 1.165) is 16.8 Å². The van der Waals surface area contributed by atoms with Gasteiger partial charge in [-0.05, 0) is 23.3 Å². The van der Waals surface area contributed by atoms with Crippen molar-refractivity contribution >= 4 is 28.9 Å². The average molecular weight is 411 g/mol. The van der Waals surface area contributed by atoms with E-state index in [1.165, 1.54) is 6.33 Å². The zero-order chi connectivity index (χ0) is 21.5. The molecule has 0 saturated carbocycles. The van der Waals surface area contributed by atoms with Crippen LogP contribution >= 0.6 is 0 Å². The molecule has 0 aliphatic carbocycles. The van der Waals surface area contributed by atoms with E-state index in [2.05, 4.69) is 31.1 Å². The van der Waals surface area contributed by atoms with Crippen LogP contribution < -0.4 is 21.9 Å². The minimum absolute atomic E-state index is 0.237. The zero-order valence-electron chi connectivity index (χ0n) is 16.6. The first-order valence-corrected chi connectivity index (χ1v) is 9.65. The maximum absolute atomic E-state index is 13.1. The summed E-state index contributed by atoms with van der Waals surface area (Å²) in [5, 5.41) is 3.11. The molecule has 4 aromatic rings. The molecule has 2 aromatic carbocycles. The quantitative estimate of drug-likeness (QED) is 0.344. The number of amides is 1. The second-order valence-corrected chi connectivity index (χ2v) is 6.71. The van der Waals surface area contributed by atoms with Gasteiger partial charge >= 0.3 is 0 Å². The predicted molar refractivity (Wildman–Crippen MR) is 120 cm³/mol. The molecular weight excluding hydrogens is 390 g/mol. The Balaban J connectivity index is 1.52. The number of benzene rings is 2. The number of anilines is 4. The number of nitrogens with one attached hydrogen (secondary N) is 3. The molecule has 5 N–H and O–H groups in total. The van der Waals surface area contributed by atoms with E-state index < -0.39 is 5.92 Å². The van der Waals surface area contributed by atoms with E-state index in [1.807, 2.05) is 60.7 Å². The Bertz CT molecular complexity index is 1100. The van der Waals surface area contributed by atoms with Crippen molar-refractivity contribution in [1.29, 1.82) is 0 Å². The van der Waals surface area contributed by atoms with E-state index in [1.54, 1.807) is 24.5 Å². The van der Waals surface area contributed by atoms with Crippen LogP contribution in [0.25, 0.3) is 0 Å². The molecule has 8 nitrogen and oxygen atoms in total. The molecule has 0 aliphatic rings. The van der Waals surface area contributed by atoms with Crippen LogP contribution in [0.1, 0.15) is 17.0 Å². The highest BCUT2D eigenvalue weighted by Crippen LogP contribution is 2.27. The summed E-state index contributed by atoms with van der Waals surface area (Å²) >= 11 is 0. The summed E-state index contributed by atoms with van der Waals surface area (Å²) in [4.78, 5) is 25.4. The highest BCUT2D eigenvalue weighted by Gasteiger charge is 2.23. The normalized spacial score (nSPS) is 10.5. The molecule has 0 radical (unpaired) electrons. The van der Waals surface area contributed by atoms with E-state index >= 15 is 0 Å². The molecule has 0 unspecified atom stereocenters.